The highest BCUT2D eigenvalue weighted by molar-refractivity contribution is 7.89. The SMILES string of the molecule is CC(C)(C)CCS(=O)(=O)NC1C(N)C2CCOC21. The summed E-state index contributed by atoms with van der Waals surface area (Å²) in [5.41, 5.74) is 6.01. The molecule has 5 nitrogen and oxygen atoms in total. The van der Waals surface area contributed by atoms with Crippen molar-refractivity contribution in [2.75, 3.05) is 12.4 Å². The highest BCUT2D eigenvalue weighted by Crippen LogP contribution is 2.38. The molecule has 1 saturated heterocycles. The van der Waals surface area contributed by atoms with Crippen molar-refractivity contribution in [3.05, 3.63) is 0 Å². The van der Waals surface area contributed by atoms with E-state index in [-0.39, 0.29) is 29.4 Å². The largest absolute Gasteiger partial charge is 0.376 e. The Kier molecular flexibility index (Phi) is 3.75. The lowest BCUT2D eigenvalue weighted by molar-refractivity contribution is -0.00925. The van der Waals surface area contributed by atoms with E-state index in [9.17, 15) is 8.42 Å². The van der Waals surface area contributed by atoms with Gasteiger partial charge in [0, 0.05) is 18.6 Å². The van der Waals surface area contributed by atoms with Crippen molar-refractivity contribution < 1.29 is 13.2 Å². The van der Waals surface area contributed by atoms with Crippen molar-refractivity contribution in [3.8, 4) is 0 Å². The molecular weight excluding hydrogens is 252 g/mol. The summed E-state index contributed by atoms with van der Waals surface area (Å²) in [6.45, 7) is 6.80. The van der Waals surface area contributed by atoms with Crippen molar-refractivity contribution in [1.82, 2.24) is 4.72 Å². The molecule has 0 spiro atoms. The van der Waals surface area contributed by atoms with Gasteiger partial charge in [0.05, 0.1) is 17.9 Å². The first-order chi connectivity index (χ1) is 8.20. The van der Waals surface area contributed by atoms with Gasteiger partial charge >= 0.3 is 0 Å². The summed E-state index contributed by atoms with van der Waals surface area (Å²) in [6.07, 6.45) is 1.58. The number of nitrogens with one attached hydrogen (secondary N) is 1. The fourth-order valence-electron chi connectivity index (χ4n) is 2.60. The number of ether oxygens (including phenoxy) is 1. The maximum atomic E-state index is 12.0. The summed E-state index contributed by atoms with van der Waals surface area (Å²) in [5.74, 6) is 0.484. The Morgan fingerprint density at radius 1 is 1.39 bits per heavy atom. The van der Waals surface area contributed by atoms with Crippen LogP contribution in [0.15, 0.2) is 0 Å². The zero-order valence-corrected chi connectivity index (χ0v) is 12.2. The molecule has 0 aromatic rings. The second-order valence-corrected chi connectivity index (χ2v) is 8.51. The Bertz CT molecular complexity index is 402. The van der Waals surface area contributed by atoms with Gasteiger partial charge in [0.25, 0.3) is 0 Å². The number of sulfonamides is 1. The van der Waals surface area contributed by atoms with Crippen LogP contribution in [0.4, 0.5) is 0 Å². The molecule has 0 radical (unpaired) electrons. The molecule has 0 amide bonds. The summed E-state index contributed by atoms with van der Waals surface area (Å²) in [4.78, 5) is 0. The fourth-order valence-corrected chi connectivity index (χ4v) is 4.31. The highest BCUT2D eigenvalue weighted by Gasteiger charge is 2.53. The van der Waals surface area contributed by atoms with Gasteiger partial charge in [-0.05, 0) is 18.3 Å². The average molecular weight is 276 g/mol. The molecule has 6 heteroatoms. The first kappa shape index (κ1) is 14.2. The molecular formula is C12H24N2O3S. The summed E-state index contributed by atoms with van der Waals surface area (Å²) < 4.78 is 32.2. The molecule has 4 atom stereocenters. The molecule has 18 heavy (non-hydrogen) atoms. The van der Waals surface area contributed by atoms with Crippen LogP contribution in [-0.4, -0.2) is 39.0 Å². The first-order valence-electron chi connectivity index (χ1n) is 6.57. The molecule has 1 saturated carbocycles. The van der Waals surface area contributed by atoms with Gasteiger partial charge < -0.3 is 10.5 Å². The predicted octanol–water partition coefficient (Wildman–Crippen LogP) is 0.457. The molecule has 0 bridgehead atoms. The normalized spacial score (nSPS) is 36.2. The summed E-state index contributed by atoms with van der Waals surface area (Å²) in [7, 11) is -3.26. The summed E-state index contributed by atoms with van der Waals surface area (Å²) in [5, 5.41) is 0. The zero-order chi connectivity index (χ0) is 13.6. The summed E-state index contributed by atoms with van der Waals surface area (Å²) >= 11 is 0. The van der Waals surface area contributed by atoms with E-state index in [0.717, 1.165) is 6.42 Å². The molecule has 2 rings (SSSR count). The minimum Gasteiger partial charge on any atom is -0.376 e. The van der Waals surface area contributed by atoms with E-state index < -0.39 is 10.0 Å². The molecule has 106 valence electrons. The number of hydrogen-bond donors (Lipinski definition) is 2. The van der Waals surface area contributed by atoms with Crippen molar-refractivity contribution in [1.29, 1.82) is 0 Å². The molecule has 0 aromatic carbocycles. The second-order valence-electron chi connectivity index (χ2n) is 6.64. The average Bonchev–Trinajstić information content (AvgIpc) is 2.67. The Labute approximate surface area is 110 Å². The van der Waals surface area contributed by atoms with Gasteiger partial charge in [-0.25, -0.2) is 13.1 Å². The molecule has 2 aliphatic rings. The van der Waals surface area contributed by atoms with Gasteiger partial charge in [0.2, 0.25) is 10.0 Å². The standard InChI is InChI=1S/C12H24N2O3S/c1-12(2,3)5-7-18(15,16)14-10-9(13)8-4-6-17-11(8)10/h8-11,14H,4-7,13H2,1-3H3. The van der Waals surface area contributed by atoms with Crippen LogP contribution in [0.25, 0.3) is 0 Å². The van der Waals surface area contributed by atoms with E-state index in [1.807, 2.05) is 20.8 Å². The number of fused-ring (bicyclic) bond motifs is 1. The smallest absolute Gasteiger partial charge is 0.212 e. The maximum Gasteiger partial charge on any atom is 0.212 e. The van der Waals surface area contributed by atoms with Crippen LogP contribution < -0.4 is 10.5 Å². The maximum absolute atomic E-state index is 12.0. The first-order valence-corrected chi connectivity index (χ1v) is 8.22. The number of nitrogens with two attached hydrogens (primary N) is 1. The topological polar surface area (TPSA) is 81.4 Å². The van der Waals surface area contributed by atoms with E-state index in [2.05, 4.69) is 4.72 Å². The van der Waals surface area contributed by atoms with E-state index in [1.165, 1.54) is 0 Å². The Hall–Kier alpha value is -0.170. The minimum atomic E-state index is -3.26. The predicted molar refractivity (Wildman–Crippen MR) is 70.6 cm³/mol. The molecule has 0 aromatic heterocycles. The van der Waals surface area contributed by atoms with Crippen LogP contribution in [-0.2, 0) is 14.8 Å². The van der Waals surface area contributed by atoms with Gasteiger partial charge in [-0.2, -0.15) is 0 Å². The van der Waals surface area contributed by atoms with Crippen molar-refractivity contribution in [2.45, 2.75) is 51.8 Å². The second kappa shape index (κ2) is 4.74. The van der Waals surface area contributed by atoms with E-state index in [0.29, 0.717) is 18.9 Å². The van der Waals surface area contributed by atoms with Gasteiger partial charge in [0.1, 0.15) is 0 Å². The summed E-state index contributed by atoms with van der Waals surface area (Å²) in [6, 6.07) is -0.329. The molecule has 4 unspecified atom stereocenters. The molecule has 2 fully saturated rings. The Morgan fingerprint density at radius 3 is 2.67 bits per heavy atom. The third kappa shape index (κ3) is 3.04. The fraction of sp³-hybridized carbons (Fsp3) is 1.00. The third-order valence-corrected chi connectivity index (χ3v) is 5.26. The van der Waals surface area contributed by atoms with Gasteiger partial charge in [-0.3, -0.25) is 0 Å². The highest BCUT2D eigenvalue weighted by atomic mass is 32.2. The number of hydrogen-bond acceptors (Lipinski definition) is 4. The quantitative estimate of drug-likeness (QED) is 0.781. The van der Waals surface area contributed by atoms with Crippen LogP contribution in [0.1, 0.15) is 33.6 Å². The van der Waals surface area contributed by atoms with Gasteiger partial charge in [-0.15, -0.1) is 0 Å². The van der Waals surface area contributed by atoms with E-state index in [4.69, 9.17) is 10.5 Å². The molecule has 1 heterocycles. The molecule has 1 aliphatic heterocycles. The Balaban J connectivity index is 1.89. The van der Waals surface area contributed by atoms with Crippen LogP contribution in [0.5, 0.6) is 0 Å². The zero-order valence-electron chi connectivity index (χ0n) is 11.3. The van der Waals surface area contributed by atoms with Gasteiger partial charge in [-0.1, -0.05) is 20.8 Å². The lowest BCUT2D eigenvalue weighted by Gasteiger charge is -2.45. The van der Waals surface area contributed by atoms with E-state index in [1.54, 1.807) is 0 Å². The van der Waals surface area contributed by atoms with Crippen molar-refractivity contribution in [3.63, 3.8) is 0 Å². The monoisotopic (exact) mass is 276 g/mol. The number of rotatable bonds is 4. The van der Waals surface area contributed by atoms with Crippen LogP contribution in [0, 0.1) is 11.3 Å². The van der Waals surface area contributed by atoms with Crippen LogP contribution in [0.2, 0.25) is 0 Å². The van der Waals surface area contributed by atoms with Crippen molar-refractivity contribution in [2.24, 2.45) is 17.1 Å². The lowest BCUT2D eigenvalue weighted by atomic mass is 9.73. The van der Waals surface area contributed by atoms with Crippen molar-refractivity contribution >= 4 is 10.0 Å². The molecule has 3 N–H and O–H groups in total. The lowest BCUT2D eigenvalue weighted by Crippen LogP contribution is -2.69. The molecule has 1 aliphatic carbocycles. The van der Waals surface area contributed by atoms with Crippen LogP contribution in [0.3, 0.4) is 0 Å². The van der Waals surface area contributed by atoms with Crippen LogP contribution >= 0.6 is 0 Å². The van der Waals surface area contributed by atoms with E-state index >= 15 is 0 Å². The van der Waals surface area contributed by atoms with Gasteiger partial charge in [0.15, 0.2) is 0 Å². The Morgan fingerprint density at radius 2 is 2.06 bits per heavy atom. The third-order valence-electron chi connectivity index (χ3n) is 3.88. The minimum absolute atomic E-state index is 0.00980.